The molecule has 4 aliphatic rings. The number of rotatable bonds is 11. The molecule has 0 aromatic heterocycles. The van der Waals surface area contributed by atoms with Crippen LogP contribution in [-0.2, 0) is 12.8 Å². The molecule has 0 saturated carbocycles. The largest absolute Gasteiger partial charge is 0.493 e. The molecule has 8 rings (SSSR count). The van der Waals surface area contributed by atoms with Crippen LogP contribution in [0.25, 0.3) is 0 Å². The van der Waals surface area contributed by atoms with Crippen molar-refractivity contribution in [1.29, 1.82) is 0 Å². The molecule has 2 unspecified atom stereocenters. The Morgan fingerprint density at radius 3 is 1.94 bits per heavy atom. The highest BCUT2D eigenvalue weighted by Gasteiger charge is 2.41. The third kappa shape index (κ3) is 6.38. The zero-order valence-corrected chi connectivity index (χ0v) is 31.8. The smallest absolute Gasteiger partial charge is 0.260 e. The van der Waals surface area contributed by atoms with Gasteiger partial charge >= 0.3 is 0 Å². The van der Waals surface area contributed by atoms with E-state index >= 15 is 0 Å². The molecule has 11 heteroatoms. The fourth-order valence-corrected chi connectivity index (χ4v) is 8.41. The summed E-state index contributed by atoms with van der Waals surface area (Å²) in [5.41, 5.74) is 7.10. The number of nitrogens with zero attached hydrogens (tertiary/aromatic N) is 3. The van der Waals surface area contributed by atoms with Crippen LogP contribution in [0.5, 0.6) is 23.0 Å². The standard InChI is InChI=1S/C42H46N4O6S/c1-42(2,53-5)25-44-24-29-18-27-12-7-9-14-34(27)46(29)41(48)31-20-37(50-4)39(22-35(31)44)52-16-10-15-51-38-21-32-30(19-36(38)49-3)40(47)45-28(23-43-32)17-26-11-6-8-13-33(26)45/h6-9,11-14,19-22,28-29,43H,10,15-18,23-25H2,1-5H3. The number of para-hydroxylation sites is 2. The van der Waals surface area contributed by atoms with Crippen LogP contribution in [0.15, 0.2) is 72.8 Å². The molecule has 0 spiro atoms. The van der Waals surface area contributed by atoms with E-state index in [2.05, 4.69) is 42.5 Å². The molecule has 0 radical (unpaired) electrons. The van der Waals surface area contributed by atoms with E-state index in [0.29, 0.717) is 66.8 Å². The Morgan fingerprint density at radius 1 is 0.736 bits per heavy atom. The topological polar surface area (TPSA) is 92.8 Å². The summed E-state index contributed by atoms with van der Waals surface area (Å²) in [5, 5.41) is 3.49. The van der Waals surface area contributed by atoms with Gasteiger partial charge in [-0.05, 0) is 68.3 Å². The molecule has 10 nitrogen and oxygen atoms in total. The van der Waals surface area contributed by atoms with Crippen LogP contribution in [0.4, 0.5) is 22.7 Å². The molecule has 4 aromatic rings. The van der Waals surface area contributed by atoms with E-state index in [1.165, 1.54) is 11.1 Å². The van der Waals surface area contributed by atoms with Crippen molar-refractivity contribution in [3.63, 3.8) is 0 Å². The van der Waals surface area contributed by atoms with E-state index in [9.17, 15) is 9.59 Å². The van der Waals surface area contributed by atoms with Crippen molar-refractivity contribution in [2.45, 2.75) is 49.9 Å². The van der Waals surface area contributed by atoms with Gasteiger partial charge in [0, 0.05) is 54.3 Å². The molecule has 2 amide bonds. The van der Waals surface area contributed by atoms with Crippen LogP contribution in [0.1, 0.15) is 52.1 Å². The van der Waals surface area contributed by atoms with Gasteiger partial charge in [-0.2, -0.15) is 11.8 Å². The van der Waals surface area contributed by atoms with Crippen molar-refractivity contribution < 1.29 is 28.5 Å². The van der Waals surface area contributed by atoms with Gasteiger partial charge in [0.25, 0.3) is 11.8 Å². The van der Waals surface area contributed by atoms with Crippen molar-refractivity contribution >= 4 is 46.3 Å². The Labute approximate surface area is 315 Å². The van der Waals surface area contributed by atoms with Gasteiger partial charge in [0.1, 0.15) is 0 Å². The first-order chi connectivity index (χ1) is 25.7. The number of benzene rings is 4. The quantitative estimate of drug-likeness (QED) is 0.162. The van der Waals surface area contributed by atoms with Crippen LogP contribution >= 0.6 is 11.8 Å². The first-order valence-electron chi connectivity index (χ1n) is 18.3. The monoisotopic (exact) mass is 734 g/mol. The SMILES string of the molecule is COc1cc2c(cc1OCCCOc1cc3c(cc1OC)C(=O)N1c4ccccc4CC1CN3CC(C)(C)SC)NCC1Cc3ccccc3N1C2=O. The highest BCUT2D eigenvalue weighted by atomic mass is 32.2. The lowest BCUT2D eigenvalue weighted by Gasteiger charge is -2.34. The van der Waals surface area contributed by atoms with E-state index in [4.69, 9.17) is 18.9 Å². The molecular formula is C42H46N4O6S. The number of anilines is 4. The van der Waals surface area contributed by atoms with Crippen LogP contribution in [0.2, 0.25) is 0 Å². The summed E-state index contributed by atoms with van der Waals surface area (Å²) in [5.74, 6) is 2.09. The van der Waals surface area contributed by atoms with Crippen LogP contribution in [0, 0.1) is 0 Å². The van der Waals surface area contributed by atoms with Gasteiger partial charge in [0.05, 0.1) is 62.0 Å². The zero-order valence-electron chi connectivity index (χ0n) is 30.9. The molecule has 1 N–H and O–H groups in total. The fraction of sp³-hybridized carbons (Fsp3) is 0.381. The summed E-state index contributed by atoms with van der Waals surface area (Å²) in [4.78, 5) is 34.3. The van der Waals surface area contributed by atoms with Gasteiger partial charge in [0.15, 0.2) is 23.0 Å². The second-order valence-electron chi connectivity index (χ2n) is 14.7. The maximum atomic E-state index is 14.3. The Balaban J connectivity index is 0.983. The molecule has 0 aliphatic carbocycles. The number of nitrogens with one attached hydrogen (secondary N) is 1. The van der Waals surface area contributed by atoms with E-state index in [1.54, 1.807) is 20.3 Å². The summed E-state index contributed by atoms with van der Waals surface area (Å²) in [6.45, 7) is 7.32. The molecule has 53 heavy (non-hydrogen) atoms. The predicted octanol–water partition coefficient (Wildman–Crippen LogP) is 7.08. The number of thioether (sulfide) groups is 1. The molecule has 4 aliphatic heterocycles. The molecule has 4 heterocycles. The van der Waals surface area contributed by atoms with Crippen molar-refractivity contribution in [3.8, 4) is 23.0 Å². The second kappa shape index (κ2) is 14.1. The molecule has 0 fully saturated rings. The highest BCUT2D eigenvalue weighted by Crippen LogP contribution is 2.44. The van der Waals surface area contributed by atoms with Gasteiger partial charge in [-0.15, -0.1) is 0 Å². The second-order valence-corrected chi connectivity index (χ2v) is 16.2. The van der Waals surface area contributed by atoms with Gasteiger partial charge in [0.2, 0.25) is 0 Å². The number of carbonyl (C=O) groups excluding carboxylic acids is 2. The number of fused-ring (bicyclic) bond motifs is 8. The van der Waals surface area contributed by atoms with Gasteiger partial charge in [-0.25, -0.2) is 0 Å². The summed E-state index contributed by atoms with van der Waals surface area (Å²) >= 11 is 1.82. The lowest BCUT2D eigenvalue weighted by atomic mass is 10.1. The van der Waals surface area contributed by atoms with Crippen molar-refractivity contribution in [1.82, 2.24) is 0 Å². The van der Waals surface area contributed by atoms with Crippen LogP contribution < -0.4 is 39.0 Å². The van der Waals surface area contributed by atoms with Crippen molar-refractivity contribution in [3.05, 3.63) is 95.1 Å². The number of ether oxygens (including phenoxy) is 4. The lowest BCUT2D eigenvalue weighted by molar-refractivity contribution is 0.0975. The average Bonchev–Trinajstić information content (AvgIpc) is 3.66. The zero-order chi connectivity index (χ0) is 36.9. The number of hydrogen-bond donors (Lipinski definition) is 1. The maximum absolute atomic E-state index is 14.3. The minimum absolute atomic E-state index is 0.0197. The number of hydrogen-bond acceptors (Lipinski definition) is 9. The summed E-state index contributed by atoms with van der Waals surface area (Å²) in [6, 6.07) is 23.8. The Bertz CT molecular complexity index is 2070. The molecule has 2 atom stereocenters. The number of amides is 2. The Morgan fingerprint density at radius 2 is 1.30 bits per heavy atom. The molecule has 0 saturated heterocycles. The minimum atomic E-state index is -0.0459. The van der Waals surface area contributed by atoms with Gasteiger partial charge in [-0.1, -0.05) is 36.4 Å². The number of methoxy groups -OCH3 is 2. The first-order valence-corrected chi connectivity index (χ1v) is 19.5. The Kier molecular flexibility index (Phi) is 9.30. The third-order valence-corrected chi connectivity index (χ3v) is 12.1. The van der Waals surface area contributed by atoms with Gasteiger partial charge < -0.3 is 39.0 Å². The minimum Gasteiger partial charge on any atom is -0.493 e. The van der Waals surface area contributed by atoms with Crippen LogP contribution in [-0.4, -0.2) is 82.0 Å². The predicted molar refractivity (Wildman–Crippen MR) is 211 cm³/mol. The average molecular weight is 735 g/mol. The lowest BCUT2D eigenvalue weighted by Crippen LogP contribution is -2.45. The molecular weight excluding hydrogens is 689 g/mol. The molecule has 276 valence electrons. The molecule has 4 aromatic carbocycles. The Hall–Kier alpha value is -5.03. The molecule has 0 bridgehead atoms. The summed E-state index contributed by atoms with van der Waals surface area (Å²) in [6.07, 6.45) is 4.34. The first kappa shape index (κ1) is 35.0. The normalized spacial score (nSPS) is 18.5. The third-order valence-electron chi connectivity index (χ3n) is 10.9. The van der Waals surface area contributed by atoms with Crippen molar-refractivity contribution in [2.75, 3.05) is 73.3 Å². The van der Waals surface area contributed by atoms with Gasteiger partial charge in [-0.3, -0.25) is 9.59 Å². The fourth-order valence-electron chi connectivity index (χ4n) is 8.13. The van der Waals surface area contributed by atoms with E-state index < -0.39 is 0 Å². The summed E-state index contributed by atoms with van der Waals surface area (Å²) < 4.78 is 24.1. The summed E-state index contributed by atoms with van der Waals surface area (Å²) in [7, 11) is 3.19. The highest BCUT2D eigenvalue weighted by molar-refractivity contribution is 7.99. The van der Waals surface area contributed by atoms with E-state index in [0.717, 1.165) is 42.1 Å². The van der Waals surface area contributed by atoms with Crippen molar-refractivity contribution in [2.24, 2.45) is 0 Å². The van der Waals surface area contributed by atoms with E-state index in [1.807, 2.05) is 76.2 Å². The number of carbonyl (C=O) groups is 2. The maximum Gasteiger partial charge on any atom is 0.260 e. The van der Waals surface area contributed by atoms with E-state index in [-0.39, 0.29) is 28.6 Å². The van der Waals surface area contributed by atoms with Crippen LogP contribution in [0.3, 0.4) is 0 Å².